The third-order valence-electron chi connectivity index (χ3n) is 4.91. The van der Waals surface area contributed by atoms with Crippen molar-refractivity contribution in [3.05, 3.63) is 57.5 Å². The van der Waals surface area contributed by atoms with Crippen molar-refractivity contribution in [1.82, 2.24) is 14.9 Å². The fraction of sp³-hybridized carbons (Fsp3) is 0.522. The maximum Gasteiger partial charge on any atom is 0.257 e. The molecule has 158 valence electrons. The average molecular weight is 416 g/mol. The second-order valence-corrected chi connectivity index (χ2v) is 8.41. The van der Waals surface area contributed by atoms with E-state index >= 15 is 0 Å². The monoisotopic (exact) mass is 415 g/mol. The maximum atomic E-state index is 12.8. The second kappa shape index (κ2) is 12.5. The first-order chi connectivity index (χ1) is 14.0. The first-order valence-electron chi connectivity index (χ1n) is 10.5. The lowest BCUT2D eigenvalue weighted by atomic mass is 10.1. The van der Waals surface area contributed by atoms with Gasteiger partial charge in [-0.25, -0.2) is 4.98 Å². The summed E-state index contributed by atoms with van der Waals surface area (Å²) in [6.45, 7) is 4.84. The van der Waals surface area contributed by atoms with Crippen LogP contribution in [0.3, 0.4) is 0 Å². The number of benzene rings is 1. The smallest absolute Gasteiger partial charge is 0.257 e. The van der Waals surface area contributed by atoms with Gasteiger partial charge in [0.25, 0.3) is 5.56 Å². The van der Waals surface area contributed by atoms with E-state index in [2.05, 4.69) is 17.2 Å². The van der Waals surface area contributed by atoms with Crippen molar-refractivity contribution in [3.8, 4) is 0 Å². The molecule has 1 heterocycles. The molecule has 0 aliphatic heterocycles. The number of carbonyl (C=O) groups is 1. The van der Waals surface area contributed by atoms with Crippen molar-refractivity contribution in [3.63, 3.8) is 0 Å². The Morgan fingerprint density at radius 1 is 1.14 bits per heavy atom. The van der Waals surface area contributed by atoms with Gasteiger partial charge in [0.2, 0.25) is 5.91 Å². The van der Waals surface area contributed by atoms with Crippen molar-refractivity contribution >= 4 is 17.7 Å². The normalized spacial score (nSPS) is 10.9. The van der Waals surface area contributed by atoms with Gasteiger partial charge < -0.3 is 5.32 Å². The van der Waals surface area contributed by atoms with E-state index in [9.17, 15) is 9.59 Å². The highest BCUT2D eigenvalue weighted by molar-refractivity contribution is 7.99. The number of nitrogens with one attached hydrogen (secondary N) is 1. The lowest BCUT2D eigenvalue weighted by molar-refractivity contribution is -0.121. The molecule has 5 nitrogen and oxygen atoms in total. The number of aryl methyl sites for hydroxylation is 1. The number of hydrogen-bond acceptors (Lipinski definition) is 4. The first-order valence-corrected chi connectivity index (χ1v) is 11.5. The predicted octanol–water partition coefficient (Wildman–Crippen LogP) is 4.25. The zero-order chi connectivity index (χ0) is 21.1. The van der Waals surface area contributed by atoms with Crippen LogP contribution in [0.2, 0.25) is 0 Å². The predicted molar refractivity (Wildman–Crippen MR) is 121 cm³/mol. The summed E-state index contributed by atoms with van der Waals surface area (Å²) in [4.78, 5) is 29.3. The molecule has 0 radical (unpaired) electrons. The van der Waals surface area contributed by atoms with Crippen LogP contribution in [0.5, 0.6) is 0 Å². The van der Waals surface area contributed by atoms with Crippen LogP contribution in [0.15, 0.2) is 40.3 Å². The highest BCUT2D eigenvalue weighted by Gasteiger charge is 2.13. The molecule has 2 rings (SSSR count). The molecule has 2 aromatic rings. The number of rotatable bonds is 12. The van der Waals surface area contributed by atoms with Gasteiger partial charge in [-0.05, 0) is 31.7 Å². The Kier molecular flexibility index (Phi) is 9.98. The van der Waals surface area contributed by atoms with Crippen LogP contribution in [0.4, 0.5) is 0 Å². The van der Waals surface area contributed by atoms with E-state index < -0.39 is 0 Å². The summed E-state index contributed by atoms with van der Waals surface area (Å²) >= 11 is 1.59. The van der Waals surface area contributed by atoms with Crippen LogP contribution in [0, 0.1) is 6.92 Å². The van der Waals surface area contributed by atoms with Crippen LogP contribution >= 0.6 is 11.8 Å². The van der Waals surface area contributed by atoms with Gasteiger partial charge in [0.05, 0.1) is 0 Å². The summed E-state index contributed by atoms with van der Waals surface area (Å²) in [5.41, 5.74) is 2.69. The van der Waals surface area contributed by atoms with E-state index in [1.54, 1.807) is 23.4 Å². The number of thioether (sulfide) groups is 1. The van der Waals surface area contributed by atoms with E-state index in [0.717, 1.165) is 66.4 Å². The van der Waals surface area contributed by atoms with Crippen molar-refractivity contribution in [2.75, 3.05) is 12.3 Å². The summed E-state index contributed by atoms with van der Waals surface area (Å²) in [5, 5.41) is 3.72. The number of aromatic nitrogens is 2. The third-order valence-corrected chi connectivity index (χ3v) is 6.02. The van der Waals surface area contributed by atoms with Crippen LogP contribution in [-0.2, 0) is 18.3 Å². The molecular weight excluding hydrogens is 382 g/mol. The van der Waals surface area contributed by atoms with Crippen molar-refractivity contribution < 1.29 is 4.79 Å². The largest absolute Gasteiger partial charge is 0.356 e. The zero-order valence-corrected chi connectivity index (χ0v) is 18.7. The van der Waals surface area contributed by atoms with Gasteiger partial charge in [0, 0.05) is 43.4 Å². The fourth-order valence-corrected chi connectivity index (χ4v) is 4.11. The van der Waals surface area contributed by atoms with Gasteiger partial charge in [-0.2, -0.15) is 0 Å². The first kappa shape index (κ1) is 23.2. The molecule has 1 N–H and O–H groups in total. The van der Waals surface area contributed by atoms with Gasteiger partial charge in [-0.15, -0.1) is 0 Å². The second-order valence-electron chi connectivity index (χ2n) is 7.35. The van der Waals surface area contributed by atoms with E-state index in [0.29, 0.717) is 12.8 Å². The molecule has 0 fully saturated rings. The summed E-state index contributed by atoms with van der Waals surface area (Å²) in [6.07, 6.45) is 6.32. The van der Waals surface area contributed by atoms with E-state index in [1.807, 2.05) is 37.3 Å². The molecule has 1 aromatic heterocycles. The molecule has 0 saturated heterocycles. The number of hydrogen-bond donors (Lipinski definition) is 1. The molecule has 0 bridgehead atoms. The molecule has 0 atom stereocenters. The molecular formula is C23H33N3O2S. The summed E-state index contributed by atoms with van der Waals surface area (Å²) in [6, 6.07) is 10.0. The standard InChI is InChI=1S/C23H33N3O2S/c1-4-5-10-15-24-21(27)14-9-11-16-29-23-25-18(2)20(22(28)26(23)3)17-19-12-7-6-8-13-19/h6-8,12-13H,4-5,9-11,14-17H2,1-3H3,(H,24,27). The Labute approximate surface area is 178 Å². The fourth-order valence-electron chi connectivity index (χ4n) is 3.10. The van der Waals surface area contributed by atoms with Crippen molar-refractivity contribution in [1.29, 1.82) is 0 Å². The van der Waals surface area contributed by atoms with Crippen LogP contribution in [-0.4, -0.2) is 27.8 Å². The van der Waals surface area contributed by atoms with Gasteiger partial charge in [-0.1, -0.05) is 61.9 Å². The minimum atomic E-state index is 0.0234. The van der Waals surface area contributed by atoms with Crippen molar-refractivity contribution in [2.45, 2.75) is 63.9 Å². The topological polar surface area (TPSA) is 64.0 Å². The Morgan fingerprint density at radius 3 is 2.62 bits per heavy atom. The Morgan fingerprint density at radius 2 is 1.90 bits per heavy atom. The zero-order valence-electron chi connectivity index (χ0n) is 17.9. The molecule has 0 spiro atoms. The Bertz CT molecular complexity index is 834. The average Bonchev–Trinajstić information content (AvgIpc) is 2.72. The summed E-state index contributed by atoms with van der Waals surface area (Å²) < 4.78 is 1.65. The molecule has 0 aliphatic carbocycles. The van der Waals surface area contributed by atoms with E-state index in [4.69, 9.17) is 0 Å². The minimum Gasteiger partial charge on any atom is -0.356 e. The third kappa shape index (κ3) is 7.69. The highest BCUT2D eigenvalue weighted by atomic mass is 32.2. The van der Waals surface area contributed by atoms with E-state index in [1.165, 1.54) is 0 Å². The number of amides is 1. The molecule has 1 aromatic carbocycles. The van der Waals surface area contributed by atoms with Crippen LogP contribution < -0.4 is 10.9 Å². The number of unbranched alkanes of at least 4 members (excludes halogenated alkanes) is 3. The molecule has 29 heavy (non-hydrogen) atoms. The van der Waals surface area contributed by atoms with Crippen molar-refractivity contribution in [2.24, 2.45) is 7.05 Å². The SMILES string of the molecule is CCCCCNC(=O)CCCCSc1nc(C)c(Cc2ccccc2)c(=O)n1C. The van der Waals surface area contributed by atoms with Gasteiger partial charge in [-0.3, -0.25) is 14.2 Å². The van der Waals surface area contributed by atoms with Gasteiger partial charge in [0.15, 0.2) is 5.16 Å². The molecule has 0 saturated carbocycles. The number of carbonyl (C=O) groups excluding carboxylic acids is 1. The minimum absolute atomic E-state index is 0.0234. The van der Waals surface area contributed by atoms with Gasteiger partial charge >= 0.3 is 0 Å². The summed E-state index contributed by atoms with van der Waals surface area (Å²) in [7, 11) is 1.79. The molecule has 6 heteroatoms. The lowest BCUT2D eigenvalue weighted by Gasteiger charge is -2.12. The van der Waals surface area contributed by atoms with Gasteiger partial charge in [0.1, 0.15) is 0 Å². The maximum absolute atomic E-state index is 12.8. The number of nitrogens with zero attached hydrogens (tertiary/aromatic N) is 2. The molecule has 0 aliphatic rings. The summed E-state index contributed by atoms with van der Waals surface area (Å²) in [5.74, 6) is 0.985. The van der Waals surface area contributed by atoms with E-state index in [-0.39, 0.29) is 11.5 Å². The lowest BCUT2D eigenvalue weighted by Crippen LogP contribution is -2.26. The quantitative estimate of drug-likeness (QED) is 0.320. The Hall–Kier alpha value is -2.08. The van der Waals surface area contributed by atoms with Crippen LogP contribution in [0.1, 0.15) is 62.3 Å². The molecule has 0 unspecified atom stereocenters. The highest BCUT2D eigenvalue weighted by Crippen LogP contribution is 2.18. The van der Waals surface area contributed by atoms with Crippen LogP contribution in [0.25, 0.3) is 0 Å². The molecule has 1 amide bonds. The Balaban J connectivity index is 1.81.